The number of carbonyl (C=O) groups is 2. The van der Waals surface area contributed by atoms with Gasteiger partial charge in [-0.1, -0.05) is 13.3 Å². The molecule has 0 fully saturated rings. The first-order valence-corrected chi connectivity index (χ1v) is 5.44. The van der Waals surface area contributed by atoms with Crippen LogP contribution in [0.1, 0.15) is 42.1 Å². The number of aryl methyl sites for hydroxylation is 1. The molecule has 3 heteroatoms. The van der Waals surface area contributed by atoms with E-state index in [4.69, 9.17) is 4.74 Å². The molecule has 86 valence electrons. The van der Waals surface area contributed by atoms with E-state index in [9.17, 15) is 9.59 Å². The summed E-state index contributed by atoms with van der Waals surface area (Å²) in [6.07, 6.45) is 3.02. The van der Waals surface area contributed by atoms with Gasteiger partial charge in [0.2, 0.25) is 0 Å². The molecule has 1 rings (SSSR count). The SMILES string of the molecule is CCCCC(=O)Oc1ccc(C=O)cc1C. The molecule has 0 heterocycles. The minimum Gasteiger partial charge on any atom is -0.426 e. The van der Waals surface area contributed by atoms with Crippen LogP contribution in [0.2, 0.25) is 0 Å². The summed E-state index contributed by atoms with van der Waals surface area (Å²) in [5, 5.41) is 0. The molecule has 3 nitrogen and oxygen atoms in total. The van der Waals surface area contributed by atoms with Gasteiger partial charge in [-0.05, 0) is 37.1 Å². The summed E-state index contributed by atoms with van der Waals surface area (Å²) in [5.41, 5.74) is 1.39. The molecule has 0 radical (unpaired) electrons. The van der Waals surface area contributed by atoms with Crippen molar-refractivity contribution >= 4 is 12.3 Å². The number of benzene rings is 1. The first-order valence-electron chi connectivity index (χ1n) is 5.44. The monoisotopic (exact) mass is 220 g/mol. The third kappa shape index (κ3) is 3.50. The predicted octanol–water partition coefficient (Wildman–Crippen LogP) is 2.90. The highest BCUT2D eigenvalue weighted by Gasteiger charge is 2.06. The fraction of sp³-hybridized carbons (Fsp3) is 0.385. The van der Waals surface area contributed by atoms with Crippen molar-refractivity contribution in [1.29, 1.82) is 0 Å². The average Bonchev–Trinajstić information content (AvgIpc) is 2.29. The Morgan fingerprint density at radius 1 is 1.44 bits per heavy atom. The van der Waals surface area contributed by atoms with Crippen molar-refractivity contribution in [2.45, 2.75) is 33.1 Å². The van der Waals surface area contributed by atoms with Crippen molar-refractivity contribution in [3.8, 4) is 5.75 Å². The molecular formula is C13H16O3. The average molecular weight is 220 g/mol. The number of rotatable bonds is 5. The molecule has 0 amide bonds. The molecule has 0 saturated heterocycles. The van der Waals surface area contributed by atoms with E-state index < -0.39 is 0 Å². The highest BCUT2D eigenvalue weighted by atomic mass is 16.5. The van der Waals surface area contributed by atoms with Crippen molar-refractivity contribution in [3.63, 3.8) is 0 Å². The summed E-state index contributed by atoms with van der Waals surface area (Å²) in [5.74, 6) is 0.315. The van der Waals surface area contributed by atoms with Crippen LogP contribution in [-0.4, -0.2) is 12.3 Å². The summed E-state index contributed by atoms with van der Waals surface area (Å²) in [4.78, 5) is 21.9. The second-order valence-electron chi connectivity index (χ2n) is 3.72. The van der Waals surface area contributed by atoms with Crippen molar-refractivity contribution in [2.24, 2.45) is 0 Å². The summed E-state index contributed by atoms with van der Waals surface area (Å²) in [6.45, 7) is 3.84. The van der Waals surface area contributed by atoms with E-state index in [1.54, 1.807) is 18.2 Å². The lowest BCUT2D eigenvalue weighted by Gasteiger charge is -2.07. The maximum absolute atomic E-state index is 11.4. The van der Waals surface area contributed by atoms with E-state index in [-0.39, 0.29) is 5.97 Å². The Morgan fingerprint density at radius 3 is 2.75 bits per heavy atom. The van der Waals surface area contributed by atoms with Gasteiger partial charge >= 0.3 is 5.97 Å². The summed E-state index contributed by atoms with van der Waals surface area (Å²) in [7, 11) is 0. The van der Waals surface area contributed by atoms with Gasteiger partial charge in [0.1, 0.15) is 12.0 Å². The summed E-state index contributed by atoms with van der Waals surface area (Å²) >= 11 is 0. The Morgan fingerprint density at radius 2 is 2.19 bits per heavy atom. The van der Waals surface area contributed by atoms with Gasteiger partial charge in [-0.25, -0.2) is 0 Å². The van der Waals surface area contributed by atoms with Crippen molar-refractivity contribution < 1.29 is 14.3 Å². The minimum absolute atomic E-state index is 0.219. The largest absolute Gasteiger partial charge is 0.426 e. The molecule has 16 heavy (non-hydrogen) atoms. The third-order valence-electron chi connectivity index (χ3n) is 2.29. The highest BCUT2D eigenvalue weighted by molar-refractivity contribution is 5.77. The van der Waals surface area contributed by atoms with Gasteiger partial charge in [0.15, 0.2) is 0 Å². The standard InChI is InChI=1S/C13H16O3/c1-3-4-5-13(15)16-12-7-6-11(9-14)8-10(12)2/h6-9H,3-5H2,1-2H3. The van der Waals surface area contributed by atoms with E-state index >= 15 is 0 Å². The number of hydrogen-bond donors (Lipinski definition) is 0. The Kier molecular flexibility index (Phi) is 4.70. The number of aldehydes is 1. The van der Waals surface area contributed by atoms with E-state index in [0.717, 1.165) is 24.7 Å². The molecule has 0 unspecified atom stereocenters. The quantitative estimate of drug-likeness (QED) is 0.435. The molecule has 0 aliphatic rings. The lowest BCUT2D eigenvalue weighted by Crippen LogP contribution is -2.08. The van der Waals surface area contributed by atoms with Crippen LogP contribution in [0.4, 0.5) is 0 Å². The van der Waals surface area contributed by atoms with Gasteiger partial charge in [-0.3, -0.25) is 9.59 Å². The van der Waals surface area contributed by atoms with Gasteiger partial charge in [0.05, 0.1) is 0 Å². The Labute approximate surface area is 95.4 Å². The molecule has 0 aliphatic heterocycles. The van der Waals surface area contributed by atoms with Crippen LogP contribution in [0.25, 0.3) is 0 Å². The second-order valence-corrected chi connectivity index (χ2v) is 3.72. The number of esters is 1. The molecule has 1 aromatic carbocycles. The topological polar surface area (TPSA) is 43.4 Å². The van der Waals surface area contributed by atoms with Crippen LogP contribution >= 0.6 is 0 Å². The molecule has 1 aromatic rings. The normalized spacial score (nSPS) is 9.88. The highest BCUT2D eigenvalue weighted by Crippen LogP contribution is 2.19. The van der Waals surface area contributed by atoms with Crippen LogP contribution in [0.3, 0.4) is 0 Å². The molecule has 0 spiro atoms. The Balaban J connectivity index is 2.67. The van der Waals surface area contributed by atoms with Crippen LogP contribution in [-0.2, 0) is 4.79 Å². The number of ether oxygens (including phenoxy) is 1. The van der Waals surface area contributed by atoms with Crippen molar-refractivity contribution in [2.75, 3.05) is 0 Å². The first kappa shape index (κ1) is 12.4. The van der Waals surface area contributed by atoms with Gasteiger partial charge in [-0.15, -0.1) is 0 Å². The predicted molar refractivity (Wildman–Crippen MR) is 61.7 cm³/mol. The fourth-order valence-corrected chi connectivity index (χ4v) is 1.36. The molecular weight excluding hydrogens is 204 g/mol. The summed E-state index contributed by atoms with van der Waals surface area (Å²) < 4.78 is 5.19. The van der Waals surface area contributed by atoms with Gasteiger partial charge in [0, 0.05) is 12.0 Å². The number of carbonyl (C=O) groups excluding carboxylic acids is 2. The number of hydrogen-bond acceptors (Lipinski definition) is 3. The van der Waals surface area contributed by atoms with E-state index in [1.165, 1.54) is 0 Å². The van der Waals surface area contributed by atoms with Gasteiger partial charge in [0.25, 0.3) is 0 Å². The summed E-state index contributed by atoms with van der Waals surface area (Å²) in [6, 6.07) is 5.00. The van der Waals surface area contributed by atoms with Crippen molar-refractivity contribution in [3.05, 3.63) is 29.3 Å². The van der Waals surface area contributed by atoms with E-state index in [2.05, 4.69) is 0 Å². The third-order valence-corrected chi connectivity index (χ3v) is 2.29. The molecule has 0 atom stereocenters. The fourth-order valence-electron chi connectivity index (χ4n) is 1.36. The first-order chi connectivity index (χ1) is 7.67. The maximum Gasteiger partial charge on any atom is 0.311 e. The Bertz CT molecular complexity index is 383. The van der Waals surface area contributed by atoms with Crippen molar-refractivity contribution in [1.82, 2.24) is 0 Å². The smallest absolute Gasteiger partial charge is 0.311 e. The molecule has 0 aromatic heterocycles. The van der Waals surface area contributed by atoms with E-state index in [0.29, 0.717) is 17.7 Å². The maximum atomic E-state index is 11.4. The van der Waals surface area contributed by atoms with Crippen LogP contribution in [0.15, 0.2) is 18.2 Å². The Hall–Kier alpha value is -1.64. The lowest BCUT2D eigenvalue weighted by molar-refractivity contribution is -0.134. The molecule has 0 bridgehead atoms. The van der Waals surface area contributed by atoms with Gasteiger partial charge < -0.3 is 4.74 Å². The van der Waals surface area contributed by atoms with E-state index in [1.807, 2.05) is 13.8 Å². The zero-order valence-corrected chi connectivity index (χ0v) is 9.66. The zero-order valence-electron chi connectivity index (χ0n) is 9.66. The molecule has 0 N–H and O–H groups in total. The lowest BCUT2D eigenvalue weighted by atomic mass is 10.1. The van der Waals surface area contributed by atoms with Crippen LogP contribution in [0, 0.1) is 6.92 Å². The second kappa shape index (κ2) is 6.05. The number of unbranched alkanes of at least 4 members (excludes halogenated alkanes) is 1. The van der Waals surface area contributed by atoms with Crippen LogP contribution < -0.4 is 4.74 Å². The van der Waals surface area contributed by atoms with Gasteiger partial charge in [-0.2, -0.15) is 0 Å². The molecule has 0 saturated carbocycles. The van der Waals surface area contributed by atoms with Crippen LogP contribution in [0.5, 0.6) is 5.75 Å². The molecule has 0 aliphatic carbocycles. The zero-order chi connectivity index (χ0) is 12.0. The minimum atomic E-state index is -0.219.